The molecule has 1 aromatic carbocycles. The molecular formula is C17H20N2O4. The van der Waals surface area contributed by atoms with Crippen LogP contribution in [0.1, 0.15) is 18.9 Å². The Morgan fingerprint density at radius 2 is 2.09 bits per heavy atom. The summed E-state index contributed by atoms with van der Waals surface area (Å²) in [5, 5.41) is 9.11. The van der Waals surface area contributed by atoms with E-state index in [0.717, 1.165) is 25.2 Å². The van der Waals surface area contributed by atoms with Crippen LogP contribution in [0.4, 0.5) is 10.5 Å². The number of benzene rings is 1. The average Bonchev–Trinajstić information content (AvgIpc) is 2.92. The number of hydrogen-bond acceptors (Lipinski definition) is 4. The molecule has 0 bridgehead atoms. The molecule has 23 heavy (non-hydrogen) atoms. The van der Waals surface area contributed by atoms with Crippen molar-refractivity contribution in [1.29, 1.82) is 0 Å². The molecule has 2 amide bonds. The Labute approximate surface area is 134 Å². The van der Waals surface area contributed by atoms with Crippen molar-refractivity contribution in [2.24, 2.45) is 5.92 Å². The van der Waals surface area contributed by atoms with E-state index in [1.54, 1.807) is 11.8 Å². The van der Waals surface area contributed by atoms with Gasteiger partial charge in [0.25, 0.3) is 0 Å². The molecule has 1 N–H and O–H groups in total. The van der Waals surface area contributed by atoms with Crippen LogP contribution in [0.15, 0.2) is 24.3 Å². The zero-order valence-corrected chi connectivity index (χ0v) is 13.1. The van der Waals surface area contributed by atoms with Gasteiger partial charge in [0.05, 0.1) is 13.2 Å². The van der Waals surface area contributed by atoms with Gasteiger partial charge < -0.3 is 14.7 Å². The predicted molar refractivity (Wildman–Crippen MR) is 83.2 cm³/mol. The highest BCUT2D eigenvalue weighted by atomic mass is 16.6. The van der Waals surface area contributed by atoms with Crippen molar-refractivity contribution in [3.8, 4) is 0 Å². The van der Waals surface area contributed by atoms with E-state index in [9.17, 15) is 9.59 Å². The SMILES string of the molecule is CC(=O)N1CC2CC2(c2ccc(N3CC(CO)OC3=O)cc2)C1. The minimum atomic E-state index is -0.451. The highest BCUT2D eigenvalue weighted by molar-refractivity contribution is 5.89. The van der Waals surface area contributed by atoms with E-state index in [4.69, 9.17) is 9.84 Å². The molecule has 3 atom stereocenters. The van der Waals surface area contributed by atoms with Gasteiger partial charge in [-0.05, 0) is 30.0 Å². The number of aliphatic hydroxyl groups excluding tert-OH is 1. The lowest BCUT2D eigenvalue weighted by Gasteiger charge is -2.20. The number of piperidine rings is 1. The molecule has 1 saturated carbocycles. The summed E-state index contributed by atoms with van der Waals surface area (Å²) in [6, 6.07) is 7.96. The lowest BCUT2D eigenvalue weighted by molar-refractivity contribution is -0.128. The molecule has 1 aromatic rings. The van der Waals surface area contributed by atoms with Crippen LogP contribution in [0, 0.1) is 5.92 Å². The van der Waals surface area contributed by atoms with Crippen molar-refractivity contribution in [1.82, 2.24) is 4.90 Å². The first-order chi connectivity index (χ1) is 11.0. The lowest BCUT2D eigenvalue weighted by Crippen LogP contribution is -2.30. The number of hydrogen-bond donors (Lipinski definition) is 1. The second kappa shape index (κ2) is 4.96. The number of cyclic esters (lactones) is 1. The van der Waals surface area contributed by atoms with Crippen LogP contribution >= 0.6 is 0 Å². The minimum absolute atomic E-state index is 0.114. The van der Waals surface area contributed by atoms with E-state index in [1.165, 1.54) is 5.56 Å². The van der Waals surface area contributed by atoms with Crippen LogP contribution < -0.4 is 4.90 Å². The zero-order valence-electron chi connectivity index (χ0n) is 13.1. The summed E-state index contributed by atoms with van der Waals surface area (Å²) in [7, 11) is 0. The van der Waals surface area contributed by atoms with Gasteiger partial charge in [-0.3, -0.25) is 9.69 Å². The van der Waals surface area contributed by atoms with Crippen molar-refractivity contribution < 1.29 is 19.4 Å². The fraction of sp³-hybridized carbons (Fsp3) is 0.529. The van der Waals surface area contributed by atoms with E-state index in [0.29, 0.717) is 12.5 Å². The predicted octanol–water partition coefficient (Wildman–Crippen LogP) is 1.12. The van der Waals surface area contributed by atoms with Crippen LogP contribution in [0.25, 0.3) is 0 Å². The van der Waals surface area contributed by atoms with Gasteiger partial charge in [0.1, 0.15) is 6.10 Å². The Morgan fingerprint density at radius 3 is 2.65 bits per heavy atom. The van der Waals surface area contributed by atoms with Gasteiger partial charge in [-0.15, -0.1) is 0 Å². The van der Waals surface area contributed by atoms with Crippen LogP contribution in [0.3, 0.4) is 0 Å². The number of ether oxygens (including phenoxy) is 1. The van der Waals surface area contributed by atoms with Gasteiger partial charge in [0.2, 0.25) is 5.91 Å². The third-order valence-corrected chi connectivity index (χ3v) is 5.42. The average molecular weight is 316 g/mol. The summed E-state index contributed by atoms with van der Waals surface area (Å²) >= 11 is 0. The lowest BCUT2D eigenvalue weighted by atomic mass is 9.94. The number of aliphatic hydroxyl groups is 1. The maximum Gasteiger partial charge on any atom is 0.414 e. The van der Waals surface area contributed by atoms with Crippen LogP contribution in [-0.4, -0.2) is 54.4 Å². The van der Waals surface area contributed by atoms with Gasteiger partial charge in [0.15, 0.2) is 0 Å². The van der Waals surface area contributed by atoms with Crippen LogP contribution in [0.5, 0.6) is 0 Å². The molecule has 2 heterocycles. The molecule has 122 valence electrons. The molecular weight excluding hydrogens is 296 g/mol. The molecule has 6 nitrogen and oxygen atoms in total. The number of nitrogens with zero attached hydrogens (tertiary/aromatic N) is 2. The molecule has 0 radical (unpaired) electrons. The molecule has 1 aliphatic carbocycles. The highest BCUT2D eigenvalue weighted by Crippen LogP contribution is 2.59. The first kappa shape index (κ1) is 14.5. The summed E-state index contributed by atoms with van der Waals surface area (Å²) in [6.07, 6.45) is 0.268. The van der Waals surface area contributed by atoms with Crippen LogP contribution in [-0.2, 0) is 14.9 Å². The van der Waals surface area contributed by atoms with E-state index < -0.39 is 12.2 Å². The summed E-state index contributed by atoms with van der Waals surface area (Å²) in [5.74, 6) is 0.704. The summed E-state index contributed by atoms with van der Waals surface area (Å²) < 4.78 is 5.07. The van der Waals surface area contributed by atoms with Crippen LogP contribution in [0.2, 0.25) is 0 Å². The highest BCUT2D eigenvalue weighted by Gasteiger charge is 2.61. The summed E-state index contributed by atoms with van der Waals surface area (Å²) in [6.45, 7) is 3.49. The Hall–Kier alpha value is -2.08. The quantitative estimate of drug-likeness (QED) is 0.907. The molecule has 2 aliphatic heterocycles. The Morgan fingerprint density at radius 1 is 1.35 bits per heavy atom. The third-order valence-electron chi connectivity index (χ3n) is 5.42. The normalized spacial score (nSPS) is 32.0. The van der Waals surface area contributed by atoms with Gasteiger partial charge in [-0.25, -0.2) is 4.79 Å². The van der Waals surface area contributed by atoms with E-state index in [2.05, 4.69) is 12.1 Å². The molecule has 0 aromatic heterocycles. The van der Waals surface area contributed by atoms with Crippen molar-refractivity contribution in [2.75, 3.05) is 31.1 Å². The standard InChI is InChI=1S/C17H20N2O4/c1-11(21)18-7-13-6-17(13,10-18)12-2-4-14(5-3-12)19-8-15(9-20)23-16(19)22/h2-5,13,15,20H,6-10H2,1H3. The molecule has 3 unspecified atom stereocenters. The monoisotopic (exact) mass is 316 g/mol. The Balaban J connectivity index is 1.52. The number of amides is 2. The van der Waals surface area contributed by atoms with Crippen molar-refractivity contribution >= 4 is 17.7 Å². The number of fused-ring (bicyclic) bond motifs is 1. The topological polar surface area (TPSA) is 70.1 Å². The molecule has 4 rings (SSSR count). The summed E-state index contributed by atoms with van der Waals surface area (Å²) in [5.41, 5.74) is 2.13. The maximum absolute atomic E-state index is 11.8. The second-order valence-corrected chi connectivity index (χ2v) is 6.80. The Kier molecular flexibility index (Phi) is 3.13. The zero-order chi connectivity index (χ0) is 16.2. The first-order valence-electron chi connectivity index (χ1n) is 7.98. The van der Waals surface area contributed by atoms with Crippen molar-refractivity contribution in [3.63, 3.8) is 0 Å². The fourth-order valence-corrected chi connectivity index (χ4v) is 3.97. The number of anilines is 1. The Bertz CT molecular complexity index is 659. The fourth-order valence-electron chi connectivity index (χ4n) is 3.97. The molecule has 2 saturated heterocycles. The van der Waals surface area contributed by atoms with E-state index >= 15 is 0 Å². The van der Waals surface area contributed by atoms with Gasteiger partial charge in [-0.1, -0.05) is 12.1 Å². The number of carbonyl (C=O) groups is 2. The minimum Gasteiger partial charge on any atom is -0.441 e. The third kappa shape index (κ3) is 2.20. The van der Waals surface area contributed by atoms with Gasteiger partial charge in [0, 0.05) is 31.1 Å². The first-order valence-corrected chi connectivity index (χ1v) is 7.98. The number of carbonyl (C=O) groups excluding carboxylic acids is 2. The van der Waals surface area contributed by atoms with E-state index in [-0.39, 0.29) is 17.9 Å². The summed E-state index contributed by atoms with van der Waals surface area (Å²) in [4.78, 5) is 26.8. The molecule has 3 aliphatic rings. The van der Waals surface area contributed by atoms with Crippen molar-refractivity contribution in [2.45, 2.75) is 24.9 Å². The molecule has 3 fully saturated rings. The molecule has 0 spiro atoms. The number of likely N-dealkylation sites (tertiary alicyclic amines) is 1. The maximum atomic E-state index is 11.8. The van der Waals surface area contributed by atoms with Crippen molar-refractivity contribution in [3.05, 3.63) is 29.8 Å². The van der Waals surface area contributed by atoms with Gasteiger partial charge in [-0.2, -0.15) is 0 Å². The molecule has 6 heteroatoms. The van der Waals surface area contributed by atoms with Gasteiger partial charge >= 0.3 is 6.09 Å². The second-order valence-electron chi connectivity index (χ2n) is 6.80. The van der Waals surface area contributed by atoms with E-state index in [1.807, 2.05) is 17.0 Å². The largest absolute Gasteiger partial charge is 0.441 e. The smallest absolute Gasteiger partial charge is 0.414 e. The number of rotatable bonds is 3.